The highest BCUT2D eigenvalue weighted by molar-refractivity contribution is 7.84. The Morgan fingerprint density at radius 3 is 2.17 bits per heavy atom. The molecule has 1 N–H and O–H groups in total. The van der Waals surface area contributed by atoms with Crippen LogP contribution in [-0.2, 0) is 11.0 Å². The van der Waals surface area contributed by atoms with Crippen molar-refractivity contribution in [3.05, 3.63) is 39.9 Å². The van der Waals surface area contributed by atoms with Crippen molar-refractivity contribution >= 4 is 16.7 Å². The molecule has 1 aromatic rings. The number of nitro groups is 1. The SMILES string of the molecule is C[C@H](NS(=O)C(C)(C)C)c1ccc([N+](=O)[O-])cc1. The average Bonchev–Trinajstić information content (AvgIpc) is 2.27. The molecule has 0 aliphatic heterocycles. The molecule has 0 bridgehead atoms. The Kier molecular flexibility index (Phi) is 4.59. The lowest BCUT2D eigenvalue weighted by atomic mass is 10.1. The van der Waals surface area contributed by atoms with E-state index in [-0.39, 0.29) is 16.5 Å². The van der Waals surface area contributed by atoms with Crippen molar-refractivity contribution in [2.24, 2.45) is 0 Å². The maximum atomic E-state index is 11.9. The van der Waals surface area contributed by atoms with Gasteiger partial charge in [-0.15, -0.1) is 0 Å². The van der Waals surface area contributed by atoms with Crippen LogP contribution in [0.5, 0.6) is 0 Å². The lowest BCUT2D eigenvalue weighted by Crippen LogP contribution is -2.34. The topological polar surface area (TPSA) is 72.2 Å². The Labute approximate surface area is 109 Å². The highest BCUT2D eigenvalue weighted by atomic mass is 32.2. The second kappa shape index (κ2) is 5.58. The van der Waals surface area contributed by atoms with Gasteiger partial charge in [-0.25, -0.2) is 8.93 Å². The number of rotatable bonds is 4. The summed E-state index contributed by atoms with van der Waals surface area (Å²) in [5.41, 5.74) is 0.932. The first-order valence-electron chi connectivity index (χ1n) is 5.64. The van der Waals surface area contributed by atoms with Gasteiger partial charge in [-0.1, -0.05) is 12.1 Å². The minimum Gasteiger partial charge on any atom is -0.258 e. The highest BCUT2D eigenvalue weighted by Crippen LogP contribution is 2.19. The predicted molar refractivity (Wildman–Crippen MR) is 72.5 cm³/mol. The van der Waals surface area contributed by atoms with E-state index in [1.807, 2.05) is 27.7 Å². The first-order chi connectivity index (χ1) is 8.21. The van der Waals surface area contributed by atoms with Crippen LogP contribution in [0.25, 0.3) is 0 Å². The summed E-state index contributed by atoms with van der Waals surface area (Å²) in [6.07, 6.45) is 0. The van der Waals surface area contributed by atoms with Gasteiger partial charge in [0.25, 0.3) is 5.69 Å². The van der Waals surface area contributed by atoms with Crippen LogP contribution in [0.2, 0.25) is 0 Å². The molecule has 100 valence electrons. The van der Waals surface area contributed by atoms with Gasteiger partial charge in [-0.05, 0) is 33.3 Å². The summed E-state index contributed by atoms with van der Waals surface area (Å²) in [4.78, 5) is 10.1. The van der Waals surface area contributed by atoms with Crippen LogP contribution in [0.3, 0.4) is 0 Å². The first kappa shape index (κ1) is 14.8. The number of benzene rings is 1. The summed E-state index contributed by atoms with van der Waals surface area (Å²) in [7, 11) is -1.17. The third-order valence-electron chi connectivity index (χ3n) is 2.44. The van der Waals surface area contributed by atoms with Gasteiger partial charge >= 0.3 is 0 Å². The highest BCUT2D eigenvalue weighted by Gasteiger charge is 2.21. The van der Waals surface area contributed by atoms with Crippen molar-refractivity contribution < 1.29 is 9.13 Å². The van der Waals surface area contributed by atoms with E-state index >= 15 is 0 Å². The number of hydrogen-bond acceptors (Lipinski definition) is 3. The molecule has 1 aromatic carbocycles. The average molecular weight is 270 g/mol. The Bertz CT molecular complexity index is 451. The Morgan fingerprint density at radius 1 is 1.28 bits per heavy atom. The van der Waals surface area contributed by atoms with E-state index in [1.54, 1.807) is 12.1 Å². The van der Waals surface area contributed by atoms with Crippen LogP contribution >= 0.6 is 0 Å². The number of nitrogens with zero attached hydrogens (tertiary/aromatic N) is 1. The van der Waals surface area contributed by atoms with Crippen LogP contribution < -0.4 is 4.72 Å². The van der Waals surface area contributed by atoms with Gasteiger partial charge < -0.3 is 0 Å². The monoisotopic (exact) mass is 270 g/mol. The van der Waals surface area contributed by atoms with E-state index in [1.165, 1.54) is 12.1 Å². The van der Waals surface area contributed by atoms with Gasteiger partial charge in [0.1, 0.15) is 0 Å². The standard InChI is InChI=1S/C12H18N2O3S/c1-9(13-18(17)12(2,3)4)10-5-7-11(8-6-10)14(15)16/h5-9,13H,1-4H3/t9-,18?/m0/s1. The molecule has 1 unspecified atom stereocenters. The van der Waals surface area contributed by atoms with Crippen molar-refractivity contribution in [3.8, 4) is 0 Å². The molecule has 0 saturated carbocycles. The summed E-state index contributed by atoms with van der Waals surface area (Å²) in [6, 6.07) is 6.14. The third kappa shape index (κ3) is 3.89. The lowest BCUT2D eigenvalue weighted by Gasteiger charge is -2.22. The quantitative estimate of drug-likeness (QED) is 0.675. The van der Waals surface area contributed by atoms with E-state index in [0.717, 1.165) is 5.56 Å². The zero-order valence-electron chi connectivity index (χ0n) is 11.0. The number of non-ortho nitro benzene ring substituents is 1. The van der Waals surface area contributed by atoms with Gasteiger partial charge in [0.05, 0.1) is 20.7 Å². The van der Waals surface area contributed by atoms with Crippen LogP contribution in [0.1, 0.15) is 39.3 Å². The maximum absolute atomic E-state index is 11.9. The zero-order chi connectivity index (χ0) is 13.9. The zero-order valence-corrected chi connectivity index (χ0v) is 11.8. The summed E-state index contributed by atoms with van der Waals surface area (Å²) in [5, 5.41) is 10.5. The second-order valence-corrected chi connectivity index (χ2v) is 7.07. The fraction of sp³-hybridized carbons (Fsp3) is 0.500. The minimum atomic E-state index is -1.17. The molecule has 0 amide bonds. The van der Waals surface area contributed by atoms with Crippen molar-refractivity contribution in [1.82, 2.24) is 4.72 Å². The van der Waals surface area contributed by atoms with Crippen LogP contribution in [0.4, 0.5) is 5.69 Å². The van der Waals surface area contributed by atoms with Gasteiger partial charge in [0.15, 0.2) is 0 Å². The molecule has 1 rings (SSSR count). The molecule has 0 spiro atoms. The molecular formula is C12H18N2O3S. The molecule has 0 aliphatic carbocycles. The summed E-state index contributed by atoms with van der Waals surface area (Å²) in [6.45, 7) is 7.54. The molecule has 0 heterocycles. The normalized spacial score (nSPS) is 15.1. The van der Waals surface area contributed by atoms with Crippen LogP contribution in [0.15, 0.2) is 24.3 Å². The predicted octanol–water partition coefficient (Wildman–Crippen LogP) is 2.71. The molecular weight excluding hydrogens is 252 g/mol. The van der Waals surface area contributed by atoms with Gasteiger partial charge in [-0.2, -0.15) is 0 Å². The maximum Gasteiger partial charge on any atom is 0.269 e. The van der Waals surface area contributed by atoms with Crippen molar-refractivity contribution in [2.75, 3.05) is 0 Å². The van der Waals surface area contributed by atoms with E-state index < -0.39 is 15.9 Å². The van der Waals surface area contributed by atoms with Crippen molar-refractivity contribution in [2.45, 2.75) is 38.5 Å². The summed E-state index contributed by atoms with van der Waals surface area (Å²) in [5.74, 6) is 0. The second-order valence-electron chi connectivity index (χ2n) is 5.07. The Morgan fingerprint density at radius 2 is 1.78 bits per heavy atom. The third-order valence-corrected chi connectivity index (χ3v) is 4.12. The molecule has 0 saturated heterocycles. The Balaban J connectivity index is 2.76. The Hall–Kier alpha value is -1.27. The molecule has 18 heavy (non-hydrogen) atoms. The smallest absolute Gasteiger partial charge is 0.258 e. The molecule has 5 nitrogen and oxygen atoms in total. The summed E-state index contributed by atoms with van der Waals surface area (Å²) < 4.78 is 14.6. The molecule has 0 aliphatic rings. The van der Waals surface area contributed by atoms with Crippen LogP contribution in [-0.4, -0.2) is 13.9 Å². The van der Waals surface area contributed by atoms with Crippen molar-refractivity contribution in [3.63, 3.8) is 0 Å². The first-order valence-corrected chi connectivity index (χ1v) is 6.79. The summed E-state index contributed by atoms with van der Waals surface area (Å²) >= 11 is 0. The number of nitro benzene ring substituents is 1. The number of hydrogen-bond donors (Lipinski definition) is 1. The van der Waals surface area contributed by atoms with Gasteiger partial charge in [0, 0.05) is 18.2 Å². The molecule has 0 aromatic heterocycles. The molecule has 2 atom stereocenters. The minimum absolute atomic E-state index is 0.0582. The van der Waals surface area contributed by atoms with E-state index in [9.17, 15) is 14.3 Å². The van der Waals surface area contributed by atoms with Gasteiger partial charge in [-0.3, -0.25) is 10.1 Å². The van der Waals surface area contributed by atoms with Gasteiger partial charge in [0.2, 0.25) is 0 Å². The number of nitrogens with one attached hydrogen (secondary N) is 1. The molecule has 0 fully saturated rings. The van der Waals surface area contributed by atoms with Crippen molar-refractivity contribution in [1.29, 1.82) is 0 Å². The fourth-order valence-electron chi connectivity index (χ4n) is 1.29. The molecule has 6 heteroatoms. The largest absolute Gasteiger partial charge is 0.269 e. The lowest BCUT2D eigenvalue weighted by molar-refractivity contribution is -0.384. The van der Waals surface area contributed by atoms with Crippen LogP contribution in [0, 0.1) is 10.1 Å². The molecule has 0 radical (unpaired) electrons. The fourth-order valence-corrected chi connectivity index (χ4v) is 2.10. The van der Waals surface area contributed by atoms with E-state index in [4.69, 9.17) is 0 Å². The van der Waals surface area contributed by atoms with E-state index in [0.29, 0.717) is 0 Å². The van der Waals surface area contributed by atoms with E-state index in [2.05, 4.69) is 4.72 Å².